The average molecular weight is 220 g/mol. The Morgan fingerprint density at radius 2 is 2.00 bits per heavy atom. The van der Waals surface area contributed by atoms with Crippen molar-refractivity contribution in [2.45, 2.75) is 40.5 Å². The van der Waals surface area contributed by atoms with Crippen LogP contribution in [0.2, 0.25) is 0 Å². The summed E-state index contributed by atoms with van der Waals surface area (Å²) in [4.78, 5) is 11.5. The molecule has 0 aliphatic heterocycles. The van der Waals surface area contributed by atoms with Gasteiger partial charge in [-0.3, -0.25) is 4.79 Å². The molecule has 1 N–H and O–H groups in total. The van der Waals surface area contributed by atoms with E-state index in [4.69, 9.17) is 11.6 Å². The first kappa shape index (κ1) is 13.8. The van der Waals surface area contributed by atoms with Crippen LogP contribution in [-0.2, 0) is 4.79 Å². The van der Waals surface area contributed by atoms with E-state index in [1.807, 2.05) is 13.8 Å². The topological polar surface area (TPSA) is 29.1 Å². The fourth-order valence-electron chi connectivity index (χ4n) is 1.01. The molecule has 84 valence electrons. The molecule has 0 saturated carbocycles. The highest BCUT2D eigenvalue weighted by Gasteiger charge is 2.25. The van der Waals surface area contributed by atoms with Crippen molar-refractivity contribution in [3.63, 3.8) is 0 Å². The van der Waals surface area contributed by atoms with Crippen LogP contribution in [0.3, 0.4) is 0 Å². The third kappa shape index (κ3) is 5.48. The maximum atomic E-state index is 11.5. The first-order valence-corrected chi connectivity index (χ1v) is 5.78. The molecule has 0 unspecified atom stereocenters. The van der Waals surface area contributed by atoms with Crippen molar-refractivity contribution in [1.29, 1.82) is 0 Å². The second-order valence-corrected chi connectivity index (χ2v) is 5.08. The molecule has 0 aromatic rings. The summed E-state index contributed by atoms with van der Waals surface area (Å²) in [6.45, 7) is 8.85. The molecule has 0 radical (unpaired) electrons. The fraction of sp³-hybridized carbons (Fsp3) is 0.909. The molecular formula is C11H22ClNO. The molecule has 0 aromatic carbocycles. The van der Waals surface area contributed by atoms with Crippen molar-refractivity contribution in [3.8, 4) is 0 Å². The smallest absolute Gasteiger partial charge is 0.226 e. The molecule has 0 bridgehead atoms. The molecule has 0 aliphatic carbocycles. The summed E-state index contributed by atoms with van der Waals surface area (Å²) in [6, 6.07) is 0. The standard InChI is InChI=1S/C11H22ClNO/c1-9(2)6-5-7-13-10(14)11(3,4)8-12/h9H,5-8H2,1-4H3,(H,13,14). The molecule has 14 heavy (non-hydrogen) atoms. The van der Waals surface area contributed by atoms with Crippen LogP contribution in [0.5, 0.6) is 0 Å². The van der Waals surface area contributed by atoms with Gasteiger partial charge < -0.3 is 5.32 Å². The third-order valence-corrected chi connectivity index (χ3v) is 2.86. The van der Waals surface area contributed by atoms with E-state index >= 15 is 0 Å². The lowest BCUT2D eigenvalue weighted by atomic mass is 9.95. The first-order chi connectivity index (χ1) is 6.40. The normalized spacial score (nSPS) is 11.9. The SMILES string of the molecule is CC(C)CCCNC(=O)C(C)(C)CCl. The van der Waals surface area contributed by atoms with Crippen LogP contribution in [0.25, 0.3) is 0 Å². The quantitative estimate of drug-likeness (QED) is 0.540. The summed E-state index contributed by atoms with van der Waals surface area (Å²) in [7, 11) is 0. The minimum atomic E-state index is -0.445. The molecule has 1 amide bonds. The maximum absolute atomic E-state index is 11.5. The van der Waals surface area contributed by atoms with Gasteiger partial charge >= 0.3 is 0 Å². The Labute approximate surface area is 92.4 Å². The summed E-state index contributed by atoms with van der Waals surface area (Å²) < 4.78 is 0. The van der Waals surface area contributed by atoms with E-state index in [1.54, 1.807) is 0 Å². The monoisotopic (exact) mass is 219 g/mol. The van der Waals surface area contributed by atoms with E-state index < -0.39 is 5.41 Å². The Morgan fingerprint density at radius 3 is 2.43 bits per heavy atom. The molecular weight excluding hydrogens is 198 g/mol. The van der Waals surface area contributed by atoms with Crippen LogP contribution in [0, 0.1) is 11.3 Å². The first-order valence-electron chi connectivity index (χ1n) is 5.24. The number of carbonyl (C=O) groups excluding carboxylic acids is 1. The van der Waals surface area contributed by atoms with Crippen molar-refractivity contribution in [3.05, 3.63) is 0 Å². The second-order valence-electron chi connectivity index (χ2n) is 4.81. The lowest BCUT2D eigenvalue weighted by Gasteiger charge is -2.20. The van der Waals surface area contributed by atoms with Gasteiger partial charge in [0.1, 0.15) is 0 Å². The zero-order valence-corrected chi connectivity index (χ0v) is 10.4. The molecule has 0 spiro atoms. The minimum absolute atomic E-state index is 0.0521. The number of hydrogen-bond donors (Lipinski definition) is 1. The second kappa shape index (κ2) is 6.28. The zero-order chi connectivity index (χ0) is 11.2. The summed E-state index contributed by atoms with van der Waals surface area (Å²) in [5, 5.41) is 2.91. The van der Waals surface area contributed by atoms with Gasteiger partial charge in [0.2, 0.25) is 5.91 Å². The van der Waals surface area contributed by atoms with Gasteiger partial charge in [-0.25, -0.2) is 0 Å². The number of alkyl halides is 1. The highest BCUT2D eigenvalue weighted by atomic mass is 35.5. The van der Waals surface area contributed by atoms with Crippen LogP contribution >= 0.6 is 11.6 Å². The van der Waals surface area contributed by atoms with Crippen LogP contribution in [0.15, 0.2) is 0 Å². The van der Waals surface area contributed by atoms with Gasteiger partial charge in [-0.1, -0.05) is 13.8 Å². The zero-order valence-electron chi connectivity index (χ0n) is 9.69. The number of carbonyl (C=O) groups is 1. The van der Waals surface area contributed by atoms with Gasteiger partial charge in [0.25, 0.3) is 0 Å². The molecule has 0 fully saturated rings. The number of halogens is 1. The fourth-order valence-corrected chi connectivity index (χ4v) is 1.13. The Balaban J connectivity index is 3.64. The van der Waals surface area contributed by atoms with Crippen molar-refractivity contribution in [2.24, 2.45) is 11.3 Å². The average Bonchev–Trinajstić information content (AvgIpc) is 2.11. The Kier molecular flexibility index (Phi) is 6.17. The highest BCUT2D eigenvalue weighted by Crippen LogP contribution is 2.16. The molecule has 3 heteroatoms. The molecule has 0 heterocycles. The van der Waals surface area contributed by atoms with Gasteiger partial charge in [-0.05, 0) is 32.6 Å². The Morgan fingerprint density at radius 1 is 1.43 bits per heavy atom. The summed E-state index contributed by atoms with van der Waals surface area (Å²) in [5.41, 5.74) is -0.445. The summed E-state index contributed by atoms with van der Waals surface area (Å²) >= 11 is 5.69. The van der Waals surface area contributed by atoms with Crippen LogP contribution in [0.4, 0.5) is 0 Å². The van der Waals surface area contributed by atoms with Gasteiger partial charge in [-0.2, -0.15) is 0 Å². The summed E-state index contributed by atoms with van der Waals surface area (Å²) in [5.74, 6) is 1.12. The van der Waals surface area contributed by atoms with E-state index in [1.165, 1.54) is 0 Å². The minimum Gasteiger partial charge on any atom is -0.356 e. The van der Waals surface area contributed by atoms with Gasteiger partial charge in [-0.15, -0.1) is 11.6 Å². The molecule has 0 aliphatic rings. The number of amides is 1. The van der Waals surface area contributed by atoms with E-state index in [9.17, 15) is 4.79 Å². The number of nitrogens with one attached hydrogen (secondary N) is 1. The maximum Gasteiger partial charge on any atom is 0.226 e. The molecule has 2 nitrogen and oxygen atoms in total. The highest BCUT2D eigenvalue weighted by molar-refractivity contribution is 6.19. The van der Waals surface area contributed by atoms with Crippen molar-refractivity contribution in [2.75, 3.05) is 12.4 Å². The Bertz CT molecular complexity index is 178. The largest absolute Gasteiger partial charge is 0.356 e. The van der Waals surface area contributed by atoms with E-state index in [0.29, 0.717) is 11.8 Å². The van der Waals surface area contributed by atoms with Crippen molar-refractivity contribution >= 4 is 17.5 Å². The van der Waals surface area contributed by atoms with E-state index in [2.05, 4.69) is 19.2 Å². The Hall–Kier alpha value is -0.240. The van der Waals surface area contributed by atoms with E-state index in [-0.39, 0.29) is 5.91 Å². The van der Waals surface area contributed by atoms with Gasteiger partial charge in [0.05, 0.1) is 5.41 Å². The molecule has 0 saturated heterocycles. The predicted molar refractivity (Wildman–Crippen MR) is 61.6 cm³/mol. The molecule has 0 rings (SSSR count). The van der Waals surface area contributed by atoms with Gasteiger partial charge in [0, 0.05) is 12.4 Å². The third-order valence-electron chi connectivity index (χ3n) is 2.19. The molecule has 0 aromatic heterocycles. The van der Waals surface area contributed by atoms with Crippen LogP contribution in [-0.4, -0.2) is 18.3 Å². The molecule has 0 atom stereocenters. The number of hydrogen-bond acceptors (Lipinski definition) is 1. The lowest BCUT2D eigenvalue weighted by Crippen LogP contribution is -2.38. The summed E-state index contributed by atoms with van der Waals surface area (Å²) in [6.07, 6.45) is 2.20. The lowest BCUT2D eigenvalue weighted by molar-refractivity contribution is -0.128. The van der Waals surface area contributed by atoms with Crippen LogP contribution < -0.4 is 5.32 Å². The van der Waals surface area contributed by atoms with E-state index in [0.717, 1.165) is 19.4 Å². The predicted octanol–water partition coefficient (Wildman–Crippen LogP) is 2.80. The van der Waals surface area contributed by atoms with Crippen LogP contribution in [0.1, 0.15) is 40.5 Å². The van der Waals surface area contributed by atoms with Crippen molar-refractivity contribution in [1.82, 2.24) is 5.32 Å². The van der Waals surface area contributed by atoms with Crippen molar-refractivity contribution < 1.29 is 4.79 Å². The number of rotatable bonds is 6. The van der Waals surface area contributed by atoms with Gasteiger partial charge in [0.15, 0.2) is 0 Å².